The number of alkyl halides is 6. The lowest BCUT2D eigenvalue weighted by Gasteiger charge is -2.29. The summed E-state index contributed by atoms with van der Waals surface area (Å²) in [5, 5.41) is 59.3. The Labute approximate surface area is 208 Å². The molecule has 6 nitrogen and oxygen atoms in total. The first-order valence-electron chi connectivity index (χ1n) is 10.9. The lowest BCUT2D eigenvalue weighted by Crippen LogP contribution is -2.50. The third kappa shape index (κ3) is 8.68. The monoisotopic (exact) mass is 536 g/mol. The fourth-order valence-corrected chi connectivity index (χ4v) is 3.33. The third-order valence-electron chi connectivity index (χ3n) is 5.54. The van der Waals surface area contributed by atoms with Gasteiger partial charge < -0.3 is 30.6 Å². The molecule has 0 aromatic heterocycles. The lowest BCUT2D eigenvalue weighted by atomic mass is 9.92. The van der Waals surface area contributed by atoms with Crippen LogP contribution >= 0.6 is 0 Å². The van der Waals surface area contributed by atoms with Gasteiger partial charge in [-0.15, -0.1) is 5.73 Å². The Morgan fingerprint density at radius 1 is 0.703 bits per heavy atom. The topological polar surface area (TPSA) is 121 Å². The van der Waals surface area contributed by atoms with E-state index in [4.69, 9.17) is 5.11 Å². The highest BCUT2D eigenvalue weighted by molar-refractivity contribution is 5.30. The van der Waals surface area contributed by atoms with Crippen molar-refractivity contribution >= 4 is 0 Å². The van der Waals surface area contributed by atoms with Gasteiger partial charge >= 0.3 is 12.4 Å². The van der Waals surface area contributed by atoms with Crippen LogP contribution in [0.4, 0.5) is 26.3 Å². The maximum absolute atomic E-state index is 12.8. The van der Waals surface area contributed by atoms with Gasteiger partial charge in [-0.25, -0.2) is 0 Å². The molecule has 37 heavy (non-hydrogen) atoms. The molecule has 204 valence electrons. The van der Waals surface area contributed by atoms with E-state index in [1.54, 1.807) is 0 Å². The van der Waals surface area contributed by atoms with E-state index < -0.39 is 60.6 Å². The van der Waals surface area contributed by atoms with E-state index in [0.29, 0.717) is 5.56 Å². The molecule has 0 saturated carbocycles. The summed E-state index contributed by atoms with van der Waals surface area (Å²) in [4.78, 5) is 0. The van der Waals surface area contributed by atoms with Gasteiger partial charge in [0.15, 0.2) is 0 Å². The quantitative estimate of drug-likeness (QED) is 0.205. The molecular formula is C25H26F6O6. The molecule has 0 heterocycles. The number of aliphatic hydroxyl groups is 6. The van der Waals surface area contributed by atoms with Crippen molar-refractivity contribution in [2.45, 2.75) is 55.7 Å². The summed E-state index contributed by atoms with van der Waals surface area (Å²) in [5.74, 6) is 0. The summed E-state index contributed by atoms with van der Waals surface area (Å²) in [6.45, 7) is -0.956. The van der Waals surface area contributed by atoms with E-state index in [-0.39, 0.29) is 24.0 Å². The van der Waals surface area contributed by atoms with Crippen LogP contribution < -0.4 is 0 Å². The summed E-state index contributed by atoms with van der Waals surface area (Å²) >= 11 is 0. The second-order valence-electron chi connectivity index (χ2n) is 8.31. The number of hydrogen-bond acceptors (Lipinski definition) is 6. The van der Waals surface area contributed by atoms with Gasteiger partial charge in [-0.2, -0.15) is 26.3 Å². The van der Waals surface area contributed by atoms with Gasteiger partial charge in [0.1, 0.15) is 30.5 Å². The molecule has 0 spiro atoms. The summed E-state index contributed by atoms with van der Waals surface area (Å²) < 4.78 is 76.7. The van der Waals surface area contributed by atoms with Crippen molar-refractivity contribution < 1.29 is 57.0 Å². The summed E-state index contributed by atoms with van der Waals surface area (Å²) in [6, 6.07) is 8.05. The number of halogens is 6. The summed E-state index contributed by atoms with van der Waals surface area (Å²) in [5.41, 5.74) is 1.45. The fourth-order valence-electron chi connectivity index (χ4n) is 3.33. The molecule has 0 aliphatic carbocycles. The Balaban J connectivity index is 2.33. The predicted molar refractivity (Wildman–Crippen MR) is 119 cm³/mol. The summed E-state index contributed by atoms with van der Waals surface area (Å²) in [7, 11) is 0. The van der Waals surface area contributed by atoms with Gasteiger partial charge in [0.05, 0.1) is 17.7 Å². The second-order valence-corrected chi connectivity index (χ2v) is 8.31. The third-order valence-corrected chi connectivity index (χ3v) is 5.54. The van der Waals surface area contributed by atoms with Gasteiger partial charge in [0.2, 0.25) is 0 Å². The number of rotatable bonds is 10. The predicted octanol–water partition coefficient (Wildman–Crippen LogP) is 2.39. The normalized spacial score (nSPS) is 16.3. The smallest absolute Gasteiger partial charge is 0.394 e. The molecule has 1 unspecified atom stereocenters. The molecule has 0 bridgehead atoms. The molecule has 2 rings (SSSR count). The van der Waals surface area contributed by atoms with E-state index >= 15 is 0 Å². The van der Waals surface area contributed by atoms with Crippen molar-refractivity contribution in [2.75, 3.05) is 6.61 Å². The van der Waals surface area contributed by atoms with Crippen molar-refractivity contribution in [3.8, 4) is 0 Å². The van der Waals surface area contributed by atoms with Crippen molar-refractivity contribution in [1.29, 1.82) is 0 Å². The maximum atomic E-state index is 12.8. The zero-order valence-corrected chi connectivity index (χ0v) is 19.2. The van der Waals surface area contributed by atoms with Crippen LogP contribution in [0.25, 0.3) is 0 Å². The maximum Gasteiger partial charge on any atom is 0.416 e. The minimum absolute atomic E-state index is 0.0336. The van der Waals surface area contributed by atoms with Crippen LogP contribution in [0.2, 0.25) is 0 Å². The molecule has 0 fully saturated rings. The Bertz CT molecular complexity index is 1060. The summed E-state index contributed by atoms with van der Waals surface area (Å²) in [6.07, 6.45) is -18.1. The van der Waals surface area contributed by atoms with Crippen LogP contribution in [0.3, 0.4) is 0 Å². The van der Waals surface area contributed by atoms with E-state index in [1.165, 1.54) is 18.2 Å². The highest BCUT2D eigenvalue weighted by atomic mass is 19.4. The standard InChI is InChI=1S/C25H26F6O6/c26-24(27,28)17-8-4-14(5-9-17)2-1-3-16(12-15-6-10-18(11-7-15)25(29,30)31)20(34)22(36)23(37)21(35)19(33)13-32/h1,4-11,19-23,32-37H,2,12-13H2/t3?,19-,20?,21+,22+,23-/m0/s1. The lowest BCUT2D eigenvalue weighted by molar-refractivity contribution is -0.138. The first-order chi connectivity index (χ1) is 17.1. The van der Waals surface area contributed by atoms with Crippen LogP contribution in [0, 0.1) is 0 Å². The Morgan fingerprint density at radius 2 is 1.16 bits per heavy atom. The van der Waals surface area contributed by atoms with E-state index in [2.05, 4.69) is 5.73 Å². The highest BCUT2D eigenvalue weighted by Gasteiger charge is 2.36. The average molecular weight is 536 g/mol. The SMILES string of the molecule is OC[C@H](O)[C@@H](O)[C@H](O)[C@H](O)C(O)C(=C=CCc1ccc(C(F)(F)F)cc1)Cc1ccc(C(F)(F)F)cc1. The molecular weight excluding hydrogens is 510 g/mol. The first kappa shape index (κ1) is 30.5. The van der Waals surface area contributed by atoms with Gasteiger partial charge in [0.25, 0.3) is 0 Å². The molecule has 2 aromatic carbocycles. The van der Waals surface area contributed by atoms with E-state index in [9.17, 15) is 51.9 Å². The van der Waals surface area contributed by atoms with Gasteiger partial charge in [-0.3, -0.25) is 0 Å². The zero-order valence-electron chi connectivity index (χ0n) is 19.2. The number of hydrogen-bond donors (Lipinski definition) is 6. The van der Waals surface area contributed by atoms with Crippen molar-refractivity contribution in [3.05, 3.63) is 88.2 Å². The first-order valence-corrected chi connectivity index (χ1v) is 10.9. The minimum Gasteiger partial charge on any atom is -0.394 e. The van der Waals surface area contributed by atoms with Crippen molar-refractivity contribution in [2.24, 2.45) is 0 Å². The van der Waals surface area contributed by atoms with Crippen LogP contribution in [0.5, 0.6) is 0 Å². The number of benzene rings is 2. The van der Waals surface area contributed by atoms with Gasteiger partial charge in [-0.1, -0.05) is 24.3 Å². The van der Waals surface area contributed by atoms with E-state index in [0.717, 1.165) is 36.4 Å². The van der Waals surface area contributed by atoms with Crippen LogP contribution in [-0.2, 0) is 25.2 Å². The average Bonchev–Trinajstić information content (AvgIpc) is 2.85. The van der Waals surface area contributed by atoms with Gasteiger partial charge in [0, 0.05) is 12.0 Å². The second kappa shape index (κ2) is 12.7. The van der Waals surface area contributed by atoms with E-state index in [1.807, 2.05) is 0 Å². The Morgan fingerprint density at radius 3 is 1.59 bits per heavy atom. The largest absolute Gasteiger partial charge is 0.416 e. The van der Waals surface area contributed by atoms with Crippen molar-refractivity contribution in [3.63, 3.8) is 0 Å². The molecule has 6 N–H and O–H groups in total. The molecule has 0 aliphatic rings. The Kier molecular flexibility index (Phi) is 10.5. The van der Waals surface area contributed by atoms with Crippen LogP contribution in [0.1, 0.15) is 22.3 Å². The molecule has 5 atom stereocenters. The number of aliphatic hydroxyl groups excluding tert-OH is 6. The fraction of sp³-hybridized carbons (Fsp3) is 0.400. The molecule has 2 aromatic rings. The Hall–Kier alpha value is -2.70. The minimum atomic E-state index is -4.58. The van der Waals surface area contributed by atoms with Gasteiger partial charge in [-0.05, 0) is 47.9 Å². The highest BCUT2D eigenvalue weighted by Crippen LogP contribution is 2.30. The van der Waals surface area contributed by atoms with Crippen LogP contribution in [0.15, 0.2) is 65.9 Å². The molecule has 0 amide bonds. The molecule has 0 radical (unpaired) electrons. The molecule has 0 saturated heterocycles. The zero-order chi connectivity index (χ0) is 28.0. The van der Waals surface area contributed by atoms with Crippen molar-refractivity contribution in [1.82, 2.24) is 0 Å². The van der Waals surface area contributed by atoms with Crippen LogP contribution in [-0.4, -0.2) is 67.8 Å². The molecule has 12 heteroatoms. The molecule has 0 aliphatic heterocycles.